The van der Waals surface area contributed by atoms with E-state index in [4.69, 9.17) is 4.52 Å². The average molecular weight is 323 g/mol. The number of nitrogens with zero attached hydrogens (tertiary/aromatic N) is 2. The lowest BCUT2D eigenvalue weighted by Gasteiger charge is -2.11. The molecule has 0 aromatic carbocycles. The number of carbonyl (C=O) groups excluding carboxylic acids is 1. The van der Waals surface area contributed by atoms with Crippen LogP contribution in [0.5, 0.6) is 0 Å². The maximum atomic E-state index is 11.7. The quantitative estimate of drug-likeness (QED) is 0.472. The number of hydrogen-bond acceptors (Lipinski definition) is 4. The van der Waals surface area contributed by atoms with Crippen molar-refractivity contribution >= 4 is 11.9 Å². The molecule has 1 rings (SSSR count). The number of nitrogens with one attached hydrogen (secondary N) is 3. The third kappa shape index (κ3) is 6.30. The van der Waals surface area contributed by atoms with E-state index in [1.165, 1.54) is 0 Å². The average Bonchev–Trinajstić information content (AvgIpc) is 2.97. The Kier molecular flexibility index (Phi) is 8.79. The minimum atomic E-state index is -0.0362. The van der Waals surface area contributed by atoms with Crippen molar-refractivity contribution in [3.8, 4) is 0 Å². The van der Waals surface area contributed by atoms with Crippen molar-refractivity contribution in [2.45, 2.75) is 53.5 Å². The predicted molar refractivity (Wildman–Crippen MR) is 91.4 cm³/mol. The molecule has 0 spiro atoms. The largest absolute Gasteiger partial charge is 0.361 e. The molecule has 0 saturated heterocycles. The number of rotatable bonds is 9. The summed E-state index contributed by atoms with van der Waals surface area (Å²) in [5.41, 5.74) is 1.99. The Morgan fingerprint density at radius 1 is 1.13 bits per heavy atom. The van der Waals surface area contributed by atoms with Crippen molar-refractivity contribution in [3.05, 3.63) is 17.0 Å². The molecule has 0 aliphatic heterocycles. The summed E-state index contributed by atoms with van der Waals surface area (Å²) in [7, 11) is 0. The molecule has 130 valence electrons. The first-order valence-corrected chi connectivity index (χ1v) is 8.41. The van der Waals surface area contributed by atoms with Crippen molar-refractivity contribution in [1.82, 2.24) is 21.1 Å². The highest BCUT2D eigenvalue weighted by Gasteiger charge is 2.13. The molecule has 0 aliphatic rings. The number of carbonyl (C=O) groups is 1. The van der Waals surface area contributed by atoms with Crippen LogP contribution in [-0.4, -0.2) is 36.7 Å². The molecule has 1 heterocycles. The highest BCUT2D eigenvalue weighted by Crippen LogP contribution is 2.16. The summed E-state index contributed by atoms with van der Waals surface area (Å²) in [6.45, 7) is 10.2. The van der Waals surface area contributed by atoms with Crippen LogP contribution in [-0.2, 0) is 24.2 Å². The minimum absolute atomic E-state index is 0.0362. The second-order valence-electron chi connectivity index (χ2n) is 5.14. The van der Waals surface area contributed by atoms with E-state index in [2.05, 4.69) is 26.1 Å². The van der Waals surface area contributed by atoms with E-state index in [1.807, 2.05) is 27.7 Å². The molecular formula is C16H29N5O2. The highest BCUT2D eigenvalue weighted by molar-refractivity contribution is 5.86. The van der Waals surface area contributed by atoms with Gasteiger partial charge in [0.05, 0.1) is 18.8 Å². The zero-order valence-electron chi connectivity index (χ0n) is 14.7. The number of guanidine groups is 1. The van der Waals surface area contributed by atoms with Gasteiger partial charge in [0.2, 0.25) is 5.91 Å². The summed E-state index contributed by atoms with van der Waals surface area (Å²) >= 11 is 0. The number of aromatic nitrogens is 1. The number of hydrogen-bond donors (Lipinski definition) is 3. The first kappa shape index (κ1) is 19.0. The van der Waals surface area contributed by atoms with Crippen molar-refractivity contribution in [1.29, 1.82) is 0 Å². The van der Waals surface area contributed by atoms with Gasteiger partial charge in [0.15, 0.2) is 5.96 Å². The second-order valence-corrected chi connectivity index (χ2v) is 5.14. The Hall–Kier alpha value is -2.05. The van der Waals surface area contributed by atoms with E-state index in [0.717, 1.165) is 42.8 Å². The van der Waals surface area contributed by atoms with Gasteiger partial charge in [0.1, 0.15) is 5.76 Å². The molecule has 0 radical (unpaired) electrons. The zero-order valence-corrected chi connectivity index (χ0v) is 14.7. The van der Waals surface area contributed by atoms with Crippen LogP contribution in [0, 0.1) is 0 Å². The Labute approximate surface area is 138 Å². The van der Waals surface area contributed by atoms with Gasteiger partial charge in [-0.05, 0) is 19.8 Å². The van der Waals surface area contributed by atoms with Crippen molar-refractivity contribution in [2.75, 3.05) is 19.6 Å². The van der Waals surface area contributed by atoms with Crippen LogP contribution in [0.1, 0.15) is 51.1 Å². The molecule has 23 heavy (non-hydrogen) atoms. The molecule has 0 aliphatic carbocycles. The van der Waals surface area contributed by atoms with Gasteiger partial charge in [0.25, 0.3) is 0 Å². The first-order chi connectivity index (χ1) is 11.2. The van der Waals surface area contributed by atoms with Crippen molar-refractivity contribution in [2.24, 2.45) is 4.99 Å². The molecule has 0 fully saturated rings. The third-order valence-corrected chi connectivity index (χ3v) is 3.34. The Balaban J connectivity index is 2.68. The Morgan fingerprint density at radius 2 is 1.91 bits per heavy atom. The molecule has 0 bridgehead atoms. The summed E-state index contributed by atoms with van der Waals surface area (Å²) in [4.78, 5) is 16.2. The zero-order chi connectivity index (χ0) is 17.1. The van der Waals surface area contributed by atoms with Crippen LogP contribution in [0.2, 0.25) is 0 Å². The number of aryl methyl sites for hydroxylation is 2. The summed E-state index contributed by atoms with van der Waals surface area (Å²) < 4.78 is 5.35. The maximum absolute atomic E-state index is 11.7. The van der Waals surface area contributed by atoms with E-state index < -0.39 is 0 Å². The summed E-state index contributed by atoms with van der Waals surface area (Å²) in [6, 6.07) is 0. The number of aliphatic imine (C=N–C) groups is 1. The van der Waals surface area contributed by atoms with Gasteiger partial charge in [-0.1, -0.05) is 25.9 Å². The first-order valence-electron chi connectivity index (χ1n) is 8.41. The van der Waals surface area contributed by atoms with Gasteiger partial charge in [0, 0.05) is 25.1 Å². The van der Waals surface area contributed by atoms with Crippen LogP contribution < -0.4 is 16.0 Å². The molecule has 7 nitrogen and oxygen atoms in total. The Morgan fingerprint density at radius 3 is 2.52 bits per heavy atom. The molecule has 1 aromatic heterocycles. The summed E-state index contributed by atoms with van der Waals surface area (Å²) in [5, 5.41) is 13.1. The molecule has 1 aromatic rings. The molecule has 0 unspecified atom stereocenters. The fourth-order valence-electron chi connectivity index (χ4n) is 2.11. The lowest BCUT2D eigenvalue weighted by Crippen LogP contribution is -2.43. The summed E-state index contributed by atoms with van der Waals surface area (Å²) in [5.74, 6) is 1.46. The van der Waals surface area contributed by atoms with E-state index in [-0.39, 0.29) is 12.5 Å². The normalized spacial score (nSPS) is 11.4. The van der Waals surface area contributed by atoms with Gasteiger partial charge in [-0.15, -0.1) is 0 Å². The molecular weight excluding hydrogens is 294 g/mol. The summed E-state index contributed by atoms with van der Waals surface area (Å²) in [6.07, 6.45) is 2.53. The SMILES string of the molecule is CCCNC(=O)CNC(=NCc1c(CC)noc1CC)NCC. The molecule has 3 N–H and O–H groups in total. The van der Waals surface area contributed by atoms with E-state index in [1.54, 1.807) is 0 Å². The monoisotopic (exact) mass is 323 g/mol. The Bertz CT molecular complexity index is 489. The van der Waals surface area contributed by atoms with E-state index in [9.17, 15) is 4.79 Å². The van der Waals surface area contributed by atoms with Gasteiger partial charge < -0.3 is 20.5 Å². The predicted octanol–water partition coefficient (Wildman–Crippen LogP) is 1.38. The molecule has 0 atom stereocenters. The van der Waals surface area contributed by atoms with Gasteiger partial charge in [-0.2, -0.15) is 0 Å². The molecule has 0 saturated carbocycles. The molecule has 7 heteroatoms. The van der Waals surface area contributed by atoms with Crippen LogP contribution in [0.3, 0.4) is 0 Å². The van der Waals surface area contributed by atoms with Gasteiger partial charge in [-0.25, -0.2) is 4.99 Å². The van der Waals surface area contributed by atoms with Gasteiger partial charge in [-0.3, -0.25) is 4.79 Å². The maximum Gasteiger partial charge on any atom is 0.239 e. The van der Waals surface area contributed by atoms with Crippen LogP contribution in [0.25, 0.3) is 0 Å². The topological polar surface area (TPSA) is 91.5 Å². The smallest absolute Gasteiger partial charge is 0.239 e. The lowest BCUT2D eigenvalue weighted by atomic mass is 10.1. The van der Waals surface area contributed by atoms with Crippen molar-refractivity contribution in [3.63, 3.8) is 0 Å². The van der Waals surface area contributed by atoms with E-state index >= 15 is 0 Å². The third-order valence-electron chi connectivity index (χ3n) is 3.34. The van der Waals surface area contributed by atoms with E-state index in [0.29, 0.717) is 19.0 Å². The van der Waals surface area contributed by atoms with Crippen molar-refractivity contribution < 1.29 is 9.32 Å². The number of amides is 1. The van der Waals surface area contributed by atoms with Crippen LogP contribution >= 0.6 is 0 Å². The van der Waals surface area contributed by atoms with Crippen LogP contribution in [0.4, 0.5) is 0 Å². The standard InChI is InChI=1S/C16H29N5O2/c1-5-9-18-15(22)11-20-16(17-8-4)19-10-12-13(6-2)21-23-14(12)7-3/h5-11H2,1-4H3,(H,18,22)(H2,17,19,20). The minimum Gasteiger partial charge on any atom is -0.361 e. The van der Waals surface area contributed by atoms with Gasteiger partial charge >= 0.3 is 0 Å². The fourth-order valence-corrected chi connectivity index (χ4v) is 2.11. The highest BCUT2D eigenvalue weighted by atomic mass is 16.5. The van der Waals surface area contributed by atoms with Crippen LogP contribution in [0.15, 0.2) is 9.52 Å². The lowest BCUT2D eigenvalue weighted by molar-refractivity contribution is -0.120. The second kappa shape index (κ2) is 10.6. The molecule has 1 amide bonds. The fraction of sp³-hybridized carbons (Fsp3) is 0.688.